The maximum absolute atomic E-state index is 10.1. The average Bonchev–Trinajstić information content (AvgIpc) is 2.56. The third-order valence-electron chi connectivity index (χ3n) is 4.05. The second kappa shape index (κ2) is 9.10. The van der Waals surface area contributed by atoms with Crippen molar-refractivity contribution in [2.45, 2.75) is 31.7 Å². The van der Waals surface area contributed by atoms with Gasteiger partial charge in [0.25, 0.3) is 0 Å². The number of aliphatic hydroxyl groups is 1. The number of hydrogen-bond donors (Lipinski definition) is 1. The largest absolute Gasteiger partial charge is 0.497 e. The first kappa shape index (κ1) is 17.2. The van der Waals surface area contributed by atoms with Gasteiger partial charge in [0, 0.05) is 26.7 Å². The van der Waals surface area contributed by atoms with Crippen molar-refractivity contribution in [2.24, 2.45) is 0 Å². The van der Waals surface area contributed by atoms with Crippen molar-refractivity contribution in [1.82, 2.24) is 4.90 Å². The molecule has 5 nitrogen and oxygen atoms in total. The minimum absolute atomic E-state index is 0.349. The number of aliphatic hydroxyl groups excluding tert-OH is 1. The molecule has 124 valence electrons. The molecule has 0 aliphatic carbocycles. The smallest absolute Gasteiger partial charge is 0.119 e. The molecule has 0 amide bonds. The highest BCUT2D eigenvalue weighted by atomic mass is 16.5. The topological polar surface area (TPSA) is 51.2 Å². The van der Waals surface area contributed by atoms with Crippen LogP contribution in [0.4, 0.5) is 0 Å². The zero-order valence-corrected chi connectivity index (χ0v) is 13.5. The fourth-order valence-corrected chi connectivity index (χ4v) is 2.75. The van der Waals surface area contributed by atoms with E-state index in [1.54, 1.807) is 14.2 Å². The van der Waals surface area contributed by atoms with Gasteiger partial charge in [-0.1, -0.05) is 12.1 Å². The summed E-state index contributed by atoms with van der Waals surface area (Å²) in [5, 5.41) is 10.1. The molecule has 0 bridgehead atoms. The summed E-state index contributed by atoms with van der Waals surface area (Å²) in [6.45, 7) is 3.45. The van der Waals surface area contributed by atoms with Gasteiger partial charge in [0.2, 0.25) is 0 Å². The van der Waals surface area contributed by atoms with Crippen LogP contribution in [0.15, 0.2) is 24.3 Å². The van der Waals surface area contributed by atoms with Crippen molar-refractivity contribution in [1.29, 1.82) is 0 Å². The number of likely N-dealkylation sites (tertiary alicyclic amines) is 1. The zero-order valence-electron chi connectivity index (χ0n) is 13.5. The van der Waals surface area contributed by atoms with Crippen molar-refractivity contribution < 1.29 is 19.3 Å². The molecule has 1 aliphatic heterocycles. The Hall–Kier alpha value is -1.14. The van der Waals surface area contributed by atoms with Crippen LogP contribution in [0, 0.1) is 0 Å². The highest BCUT2D eigenvalue weighted by molar-refractivity contribution is 5.27. The number of rotatable bonds is 8. The number of ether oxygens (including phenoxy) is 3. The van der Waals surface area contributed by atoms with Crippen molar-refractivity contribution in [2.75, 3.05) is 40.5 Å². The molecule has 0 spiro atoms. The van der Waals surface area contributed by atoms with Gasteiger partial charge in [0.05, 0.1) is 32.5 Å². The molecule has 1 aliphatic rings. The molecule has 5 heteroatoms. The van der Waals surface area contributed by atoms with Gasteiger partial charge in [-0.15, -0.1) is 0 Å². The van der Waals surface area contributed by atoms with Crippen LogP contribution in [0.1, 0.15) is 18.4 Å². The number of piperidine rings is 1. The maximum Gasteiger partial charge on any atom is 0.119 e. The van der Waals surface area contributed by atoms with E-state index in [0.29, 0.717) is 25.9 Å². The van der Waals surface area contributed by atoms with E-state index in [-0.39, 0.29) is 0 Å². The van der Waals surface area contributed by atoms with E-state index in [4.69, 9.17) is 14.2 Å². The number of methoxy groups -OCH3 is 2. The fourth-order valence-electron chi connectivity index (χ4n) is 2.75. The molecular weight excluding hydrogens is 282 g/mol. The second-order valence-electron chi connectivity index (χ2n) is 5.76. The fraction of sp³-hybridized carbons (Fsp3) is 0.647. The molecule has 0 aromatic heterocycles. The normalized spacial score (nSPS) is 18.3. The van der Waals surface area contributed by atoms with Crippen LogP contribution in [-0.2, 0) is 16.1 Å². The van der Waals surface area contributed by atoms with Gasteiger partial charge in [-0.3, -0.25) is 0 Å². The van der Waals surface area contributed by atoms with E-state index in [2.05, 4.69) is 4.90 Å². The monoisotopic (exact) mass is 309 g/mol. The van der Waals surface area contributed by atoms with E-state index in [0.717, 1.165) is 37.2 Å². The molecular formula is C17H27NO4. The molecule has 0 radical (unpaired) electrons. The molecule has 1 aromatic rings. The predicted octanol–water partition coefficient (Wildman–Crippen LogP) is 1.68. The van der Waals surface area contributed by atoms with Crippen molar-refractivity contribution in [3.8, 4) is 5.75 Å². The molecule has 1 unspecified atom stereocenters. The first-order valence-corrected chi connectivity index (χ1v) is 7.85. The van der Waals surface area contributed by atoms with Crippen molar-refractivity contribution in [3.05, 3.63) is 29.8 Å². The number of hydrogen-bond acceptors (Lipinski definition) is 5. The number of nitrogens with zero attached hydrogens (tertiary/aromatic N) is 1. The third-order valence-corrected chi connectivity index (χ3v) is 4.05. The van der Waals surface area contributed by atoms with Crippen LogP contribution in [0.2, 0.25) is 0 Å². The van der Waals surface area contributed by atoms with Crippen LogP contribution >= 0.6 is 0 Å². The highest BCUT2D eigenvalue weighted by Crippen LogP contribution is 2.14. The maximum atomic E-state index is 10.1. The third kappa shape index (κ3) is 5.57. The van der Waals surface area contributed by atoms with Gasteiger partial charge in [-0.25, -0.2) is 0 Å². The standard InChI is InChI=1S/C17H27NO4/c1-20-16-6-8-18(9-7-16)11-15(19)13-22-12-14-4-3-5-17(10-14)21-2/h3-5,10,15-16,19H,6-9,11-13H2,1-2H3. The number of β-amino-alcohol motifs (C(OH)–C–C–N with tert-alkyl or cyclic N) is 1. The molecule has 2 rings (SSSR count). The minimum Gasteiger partial charge on any atom is -0.497 e. The summed E-state index contributed by atoms with van der Waals surface area (Å²) in [5.41, 5.74) is 1.05. The van der Waals surface area contributed by atoms with E-state index in [1.165, 1.54) is 0 Å². The summed E-state index contributed by atoms with van der Waals surface area (Å²) in [6, 6.07) is 7.78. The Kier molecular flexibility index (Phi) is 7.12. The summed E-state index contributed by atoms with van der Waals surface area (Å²) in [4.78, 5) is 2.27. The predicted molar refractivity (Wildman–Crippen MR) is 85.1 cm³/mol. The van der Waals surface area contributed by atoms with Gasteiger partial charge >= 0.3 is 0 Å². The lowest BCUT2D eigenvalue weighted by Crippen LogP contribution is -2.41. The van der Waals surface area contributed by atoms with Crippen LogP contribution in [0.25, 0.3) is 0 Å². The lowest BCUT2D eigenvalue weighted by molar-refractivity contribution is -0.00904. The van der Waals surface area contributed by atoms with E-state index in [1.807, 2.05) is 24.3 Å². The Balaban J connectivity index is 1.64. The van der Waals surface area contributed by atoms with Crippen molar-refractivity contribution >= 4 is 0 Å². The minimum atomic E-state index is -0.454. The molecule has 1 N–H and O–H groups in total. The molecule has 1 fully saturated rings. The molecule has 1 saturated heterocycles. The number of benzene rings is 1. The summed E-state index contributed by atoms with van der Waals surface area (Å²) < 4.78 is 16.1. The molecule has 1 aromatic carbocycles. The van der Waals surface area contributed by atoms with Gasteiger partial charge in [-0.05, 0) is 30.5 Å². The summed E-state index contributed by atoms with van der Waals surface area (Å²) in [7, 11) is 3.41. The lowest BCUT2D eigenvalue weighted by Gasteiger charge is -2.32. The molecule has 1 atom stereocenters. The van der Waals surface area contributed by atoms with Gasteiger partial charge in [0.15, 0.2) is 0 Å². The van der Waals surface area contributed by atoms with Gasteiger partial charge in [0.1, 0.15) is 5.75 Å². The van der Waals surface area contributed by atoms with Crippen LogP contribution in [0.5, 0.6) is 5.75 Å². The Labute approximate surface area is 132 Å². The quantitative estimate of drug-likeness (QED) is 0.792. The van der Waals surface area contributed by atoms with Crippen LogP contribution in [-0.4, -0.2) is 62.7 Å². The summed E-state index contributed by atoms with van der Waals surface area (Å²) in [5.74, 6) is 0.822. The summed E-state index contributed by atoms with van der Waals surface area (Å²) >= 11 is 0. The van der Waals surface area contributed by atoms with E-state index >= 15 is 0 Å². The Morgan fingerprint density at radius 1 is 1.27 bits per heavy atom. The highest BCUT2D eigenvalue weighted by Gasteiger charge is 2.20. The van der Waals surface area contributed by atoms with Crippen molar-refractivity contribution in [3.63, 3.8) is 0 Å². The first-order valence-electron chi connectivity index (χ1n) is 7.85. The van der Waals surface area contributed by atoms with Crippen LogP contribution < -0.4 is 4.74 Å². The Bertz CT molecular complexity index is 432. The second-order valence-corrected chi connectivity index (χ2v) is 5.76. The van der Waals surface area contributed by atoms with Crippen LogP contribution in [0.3, 0.4) is 0 Å². The summed E-state index contributed by atoms with van der Waals surface area (Å²) in [6.07, 6.45) is 1.99. The zero-order chi connectivity index (χ0) is 15.8. The SMILES string of the molecule is COc1cccc(COCC(O)CN2CCC(OC)CC2)c1. The first-order chi connectivity index (χ1) is 10.7. The Morgan fingerprint density at radius 3 is 2.73 bits per heavy atom. The van der Waals surface area contributed by atoms with E-state index < -0.39 is 6.10 Å². The molecule has 0 saturated carbocycles. The van der Waals surface area contributed by atoms with Gasteiger partial charge < -0.3 is 24.2 Å². The average molecular weight is 309 g/mol. The molecule has 1 heterocycles. The van der Waals surface area contributed by atoms with E-state index in [9.17, 15) is 5.11 Å². The van der Waals surface area contributed by atoms with Gasteiger partial charge in [-0.2, -0.15) is 0 Å². The Morgan fingerprint density at radius 2 is 2.05 bits per heavy atom. The lowest BCUT2D eigenvalue weighted by atomic mass is 10.1. The molecule has 22 heavy (non-hydrogen) atoms.